The fourth-order valence-electron chi connectivity index (χ4n) is 1.79. The van der Waals surface area contributed by atoms with E-state index in [1.54, 1.807) is 12.4 Å². The fraction of sp³-hybridized carbons (Fsp3) is 0.500. The quantitative estimate of drug-likeness (QED) is 0.402. The Hall–Kier alpha value is -2.11. The SMILES string of the molecule is CCCCNC(=O)N(CCCc1ccncc1)C(=N)N. The van der Waals surface area contributed by atoms with Gasteiger partial charge in [-0.15, -0.1) is 0 Å². The van der Waals surface area contributed by atoms with Crippen LogP contribution >= 0.6 is 0 Å². The normalized spacial score (nSPS) is 10.1. The summed E-state index contributed by atoms with van der Waals surface area (Å²) in [5, 5.41) is 10.2. The molecular formula is C14H23N5O. The van der Waals surface area contributed by atoms with Gasteiger partial charge in [-0.1, -0.05) is 13.3 Å². The number of pyridine rings is 1. The number of unbranched alkanes of at least 4 members (excludes halogenated alkanes) is 1. The molecule has 1 aromatic heterocycles. The zero-order valence-corrected chi connectivity index (χ0v) is 11.9. The van der Waals surface area contributed by atoms with Crippen molar-refractivity contribution in [2.45, 2.75) is 32.6 Å². The van der Waals surface area contributed by atoms with E-state index in [1.807, 2.05) is 12.1 Å². The van der Waals surface area contributed by atoms with Crippen LogP contribution in [0.15, 0.2) is 24.5 Å². The van der Waals surface area contributed by atoms with Gasteiger partial charge in [-0.25, -0.2) is 4.79 Å². The molecule has 1 rings (SSSR count). The summed E-state index contributed by atoms with van der Waals surface area (Å²) < 4.78 is 0. The Labute approximate surface area is 119 Å². The zero-order valence-electron chi connectivity index (χ0n) is 11.9. The molecule has 0 spiro atoms. The number of nitrogens with zero attached hydrogens (tertiary/aromatic N) is 2. The Kier molecular flexibility index (Phi) is 7.10. The molecule has 0 atom stereocenters. The summed E-state index contributed by atoms with van der Waals surface area (Å²) >= 11 is 0. The van der Waals surface area contributed by atoms with Gasteiger partial charge in [0.25, 0.3) is 0 Å². The third kappa shape index (κ3) is 5.69. The molecule has 1 aromatic rings. The predicted octanol–water partition coefficient (Wildman–Crippen LogP) is 1.72. The molecule has 1 heterocycles. The number of rotatable bonds is 7. The van der Waals surface area contributed by atoms with Crippen molar-refractivity contribution in [2.75, 3.05) is 13.1 Å². The van der Waals surface area contributed by atoms with E-state index in [2.05, 4.69) is 17.2 Å². The molecule has 2 amide bonds. The summed E-state index contributed by atoms with van der Waals surface area (Å²) in [4.78, 5) is 17.1. The second-order valence-electron chi connectivity index (χ2n) is 4.58. The topological polar surface area (TPSA) is 95.1 Å². The van der Waals surface area contributed by atoms with Crippen LogP contribution in [-0.2, 0) is 6.42 Å². The third-order valence-corrected chi connectivity index (χ3v) is 2.94. The van der Waals surface area contributed by atoms with Crippen LogP contribution in [-0.4, -0.2) is 35.0 Å². The number of carbonyl (C=O) groups is 1. The van der Waals surface area contributed by atoms with E-state index in [4.69, 9.17) is 11.1 Å². The van der Waals surface area contributed by atoms with E-state index in [0.29, 0.717) is 13.1 Å². The van der Waals surface area contributed by atoms with Crippen LogP contribution in [0, 0.1) is 5.41 Å². The molecule has 6 nitrogen and oxygen atoms in total. The summed E-state index contributed by atoms with van der Waals surface area (Å²) in [6, 6.07) is 3.60. The first-order chi connectivity index (χ1) is 9.65. The number of nitrogens with two attached hydrogens (primary N) is 1. The van der Waals surface area contributed by atoms with Crippen molar-refractivity contribution in [1.29, 1.82) is 5.41 Å². The smallest absolute Gasteiger partial charge is 0.324 e. The van der Waals surface area contributed by atoms with Gasteiger partial charge in [0.1, 0.15) is 0 Å². The van der Waals surface area contributed by atoms with Crippen LogP contribution in [0.3, 0.4) is 0 Å². The highest BCUT2D eigenvalue weighted by Crippen LogP contribution is 2.02. The van der Waals surface area contributed by atoms with Gasteiger partial charge in [0.05, 0.1) is 0 Å². The van der Waals surface area contributed by atoms with Gasteiger partial charge < -0.3 is 11.1 Å². The number of hydrogen-bond acceptors (Lipinski definition) is 3. The first-order valence-corrected chi connectivity index (χ1v) is 6.93. The molecule has 0 radical (unpaired) electrons. The maximum absolute atomic E-state index is 11.9. The van der Waals surface area contributed by atoms with Crippen molar-refractivity contribution in [2.24, 2.45) is 5.73 Å². The molecule has 0 bridgehead atoms. The summed E-state index contributed by atoms with van der Waals surface area (Å²) in [7, 11) is 0. The average Bonchev–Trinajstić information content (AvgIpc) is 2.44. The number of carbonyl (C=O) groups excluding carboxylic acids is 1. The predicted molar refractivity (Wildman–Crippen MR) is 79.5 cm³/mol. The number of urea groups is 1. The van der Waals surface area contributed by atoms with Crippen LogP contribution in [0.5, 0.6) is 0 Å². The molecular weight excluding hydrogens is 254 g/mol. The molecule has 0 unspecified atom stereocenters. The molecule has 0 aliphatic rings. The first kappa shape index (κ1) is 15.9. The van der Waals surface area contributed by atoms with Crippen molar-refractivity contribution in [3.05, 3.63) is 30.1 Å². The molecule has 4 N–H and O–H groups in total. The maximum Gasteiger partial charge on any atom is 0.324 e. The van der Waals surface area contributed by atoms with Crippen molar-refractivity contribution in [3.63, 3.8) is 0 Å². The Morgan fingerprint density at radius 1 is 1.40 bits per heavy atom. The molecule has 0 saturated carbocycles. The molecule has 0 aliphatic heterocycles. The number of aromatic nitrogens is 1. The molecule has 6 heteroatoms. The van der Waals surface area contributed by atoms with E-state index < -0.39 is 0 Å². The monoisotopic (exact) mass is 277 g/mol. The lowest BCUT2D eigenvalue weighted by Crippen LogP contribution is -2.47. The average molecular weight is 277 g/mol. The highest BCUT2D eigenvalue weighted by atomic mass is 16.2. The highest BCUT2D eigenvalue weighted by Gasteiger charge is 2.15. The van der Waals surface area contributed by atoms with E-state index in [1.165, 1.54) is 4.90 Å². The fourth-order valence-corrected chi connectivity index (χ4v) is 1.79. The van der Waals surface area contributed by atoms with Crippen molar-refractivity contribution < 1.29 is 4.79 Å². The van der Waals surface area contributed by atoms with Gasteiger partial charge in [-0.05, 0) is 37.0 Å². The van der Waals surface area contributed by atoms with E-state index in [0.717, 1.165) is 31.2 Å². The lowest BCUT2D eigenvalue weighted by atomic mass is 10.1. The molecule has 20 heavy (non-hydrogen) atoms. The lowest BCUT2D eigenvalue weighted by molar-refractivity contribution is 0.219. The number of aryl methyl sites for hydroxylation is 1. The minimum absolute atomic E-state index is 0.214. The second-order valence-corrected chi connectivity index (χ2v) is 4.58. The Balaban J connectivity index is 2.39. The maximum atomic E-state index is 11.9. The highest BCUT2D eigenvalue weighted by molar-refractivity contribution is 5.93. The lowest BCUT2D eigenvalue weighted by Gasteiger charge is -2.21. The number of guanidine groups is 1. The van der Waals surface area contributed by atoms with Gasteiger partial charge in [0, 0.05) is 25.5 Å². The van der Waals surface area contributed by atoms with Crippen LogP contribution in [0.4, 0.5) is 4.79 Å². The Bertz CT molecular complexity index is 421. The van der Waals surface area contributed by atoms with Gasteiger partial charge in [-0.3, -0.25) is 15.3 Å². The molecule has 0 aliphatic carbocycles. The van der Waals surface area contributed by atoms with Crippen LogP contribution < -0.4 is 11.1 Å². The summed E-state index contributed by atoms with van der Waals surface area (Å²) in [6.45, 7) is 3.11. The number of hydrogen-bond donors (Lipinski definition) is 3. The van der Waals surface area contributed by atoms with Crippen molar-refractivity contribution in [3.8, 4) is 0 Å². The van der Waals surface area contributed by atoms with E-state index in [9.17, 15) is 4.79 Å². The summed E-state index contributed by atoms with van der Waals surface area (Å²) in [5.74, 6) is -0.214. The molecule has 0 fully saturated rings. The van der Waals surface area contributed by atoms with Gasteiger partial charge in [0.2, 0.25) is 0 Å². The van der Waals surface area contributed by atoms with E-state index in [-0.39, 0.29) is 12.0 Å². The Morgan fingerprint density at radius 3 is 2.70 bits per heavy atom. The number of amides is 2. The summed E-state index contributed by atoms with van der Waals surface area (Å²) in [6.07, 6.45) is 7.02. The largest absolute Gasteiger partial charge is 0.370 e. The zero-order chi connectivity index (χ0) is 14.8. The minimum Gasteiger partial charge on any atom is -0.370 e. The van der Waals surface area contributed by atoms with Crippen molar-refractivity contribution in [1.82, 2.24) is 15.2 Å². The summed E-state index contributed by atoms with van der Waals surface area (Å²) in [5.41, 5.74) is 6.62. The molecule has 0 aromatic carbocycles. The van der Waals surface area contributed by atoms with Gasteiger partial charge in [0.15, 0.2) is 5.96 Å². The molecule has 110 valence electrons. The number of nitrogens with one attached hydrogen (secondary N) is 2. The van der Waals surface area contributed by atoms with Gasteiger partial charge in [-0.2, -0.15) is 0 Å². The van der Waals surface area contributed by atoms with Gasteiger partial charge >= 0.3 is 6.03 Å². The van der Waals surface area contributed by atoms with E-state index >= 15 is 0 Å². The standard InChI is InChI=1S/C14H23N5O/c1-2-3-8-18-14(20)19(13(15)16)11-4-5-12-6-9-17-10-7-12/h6-7,9-10H,2-5,8,11H2,1H3,(H3,15,16)(H,18,20). The second kappa shape index (κ2) is 8.90. The molecule has 0 saturated heterocycles. The first-order valence-electron chi connectivity index (χ1n) is 6.93. The third-order valence-electron chi connectivity index (χ3n) is 2.94. The van der Waals surface area contributed by atoms with Crippen molar-refractivity contribution >= 4 is 12.0 Å². The van der Waals surface area contributed by atoms with Crippen LogP contribution in [0.1, 0.15) is 31.7 Å². The van der Waals surface area contributed by atoms with Crippen LogP contribution in [0.2, 0.25) is 0 Å². The Morgan fingerprint density at radius 2 is 2.10 bits per heavy atom. The minimum atomic E-state index is -0.291. The van der Waals surface area contributed by atoms with Crippen LogP contribution in [0.25, 0.3) is 0 Å².